The van der Waals surface area contributed by atoms with Gasteiger partial charge in [0.1, 0.15) is 22.5 Å². The number of piperidine rings is 1. The van der Waals surface area contributed by atoms with Crippen LogP contribution in [0, 0.1) is 0 Å². The third-order valence-corrected chi connectivity index (χ3v) is 5.08. The van der Waals surface area contributed by atoms with Crippen LogP contribution >= 0.6 is 11.8 Å². The number of ether oxygens (including phenoxy) is 1. The summed E-state index contributed by atoms with van der Waals surface area (Å²) >= 11 is 1.64. The van der Waals surface area contributed by atoms with Crippen LogP contribution in [0.4, 0.5) is 4.79 Å². The molecule has 0 aliphatic carbocycles. The van der Waals surface area contributed by atoms with Crippen LogP contribution in [0.1, 0.15) is 39.2 Å². The second kappa shape index (κ2) is 7.84. The van der Waals surface area contributed by atoms with Crippen molar-refractivity contribution in [1.29, 1.82) is 0 Å². The molecule has 0 saturated carbocycles. The van der Waals surface area contributed by atoms with Crippen LogP contribution in [0.3, 0.4) is 0 Å². The highest BCUT2D eigenvalue weighted by atomic mass is 32.2. The van der Waals surface area contributed by atoms with Gasteiger partial charge in [0.15, 0.2) is 0 Å². The highest BCUT2D eigenvalue weighted by Gasteiger charge is 2.24. The van der Waals surface area contributed by atoms with E-state index in [-0.39, 0.29) is 12.1 Å². The Hall–Kier alpha value is -1.80. The molecule has 3 heterocycles. The predicted molar refractivity (Wildman–Crippen MR) is 102 cm³/mol. The van der Waals surface area contributed by atoms with Crippen molar-refractivity contribution >= 4 is 23.4 Å². The van der Waals surface area contributed by atoms with Gasteiger partial charge in [0.25, 0.3) is 0 Å². The van der Waals surface area contributed by atoms with Gasteiger partial charge in [-0.1, -0.05) is 0 Å². The number of hydrogen-bond donors (Lipinski definition) is 1. The summed E-state index contributed by atoms with van der Waals surface area (Å²) in [6.45, 7) is 8.40. The van der Waals surface area contributed by atoms with Crippen molar-refractivity contribution in [3.05, 3.63) is 24.2 Å². The number of carbonyl (C=O) groups excluding carboxylic acids is 1. The van der Waals surface area contributed by atoms with Gasteiger partial charge in [0, 0.05) is 31.9 Å². The summed E-state index contributed by atoms with van der Waals surface area (Å²) in [5.41, 5.74) is 1.88. The SMILES string of the molecule is CSc1ncnn2ccc(CN3CCC(NC(=O)OC(C)(C)C)CC3)c12. The van der Waals surface area contributed by atoms with Crippen molar-refractivity contribution in [2.24, 2.45) is 0 Å². The summed E-state index contributed by atoms with van der Waals surface area (Å²) in [6, 6.07) is 2.30. The number of aromatic nitrogens is 3. The van der Waals surface area contributed by atoms with E-state index in [4.69, 9.17) is 4.74 Å². The first kappa shape index (κ1) is 19.0. The zero-order valence-corrected chi connectivity index (χ0v) is 16.7. The number of likely N-dealkylation sites (tertiary alicyclic amines) is 1. The summed E-state index contributed by atoms with van der Waals surface area (Å²) in [5, 5.41) is 8.28. The number of nitrogens with zero attached hydrogens (tertiary/aromatic N) is 4. The third-order valence-electron chi connectivity index (χ3n) is 4.40. The minimum absolute atomic E-state index is 0.178. The number of hydrogen-bond acceptors (Lipinski definition) is 6. The monoisotopic (exact) mass is 377 g/mol. The smallest absolute Gasteiger partial charge is 0.407 e. The summed E-state index contributed by atoms with van der Waals surface area (Å²) in [6.07, 6.45) is 7.15. The second-order valence-electron chi connectivity index (χ2n) is 7.60. The van der Waals surface area contributed by atoms with Gasteiger partial charge in [-0.15, -0.1) is 11.8 Å². The van der Waals surface area contributed by atoms with Crippen LogP contribution < -0.4 is 5.32 Å². The molecule has 2 aromatic rings. The molecule has 1 aliphatic heterocycles. The fraction of sp³-hybridized carbons (Fsp3) is 0.611. The maximum atomic E-state index is 11.9. The van der Waals surface area contributed by atoms with E-state index < -0.39 is 5.60 Å². The number of fused-ring (bicyclic) bond motifs is 1. The van der Waals surface area contributed by atoms with Gasteiger partial charge in [0.2, 0.25) is 0 Å². The van der Waals surface area contributed by atoms with E-state index in [0.29, 0.717) is 0 Å². The zero-order chi connectivity index (χ0) is 18.7. The van der Waals surface area contributed by atoms with Gasteiger partial charge in [0.05, 0.1) is 0 Å². The van der Waals surface area contributed by atoms with Crippen LogP contribution in [0.5, 0.6) is 0 Å². The van der Waals surface area contributed by atoms with Gasteiger partial charge in [-0.05, 0) is 51.5 Å². The summed E-state index contributed by atoms with van der Waals surface area (Å²) in [4.78, 5) is 18.7. The molecule has 3 rings (SSSR count). The maximum Gasteiger partial charge on any atom is 0.407 e. The lowest BCUT2D eigenvalue weighted by atomic mass is 10.0. The first-order chi connectivity index (χ1) is 12.4. The number of alkyl carbamates (subject to hydrolysis) is 1. The van der Waals surface area contributed by atoms with E-state index in [1.165, 1.54) is 5.56 Å². The van der Waals surface area contributed by atoms with Crippen molar-refractivity contribution in [2.45, 2.75) is 56.8 Å². The number of amides is 1. The largest absolute Gasteiger partial charge is 0.444 e. The molecular weight excluding hydrogens is 350 g/mol. The Kier molecular flexibility index (Phi) is 5.72. The molecule has 0 bridgehead atoms. The molecule has 1 saturated heterocycles. The van der Waals surface area contributed by atoms with Crippen molar-refractivity contribution < 1.29 is 9.53 Å². The second-order valence-corrected chi connectivity index (χ2v) is 8.40. The topological polar surface area (TPSA) is 71.8 Å². The van der Waals surface area contributed by atoms with Crippen molar-refractivity contribution in [3.63, 3.8) is 0 Å². The summed E-state index contributed by atoms with van der Waals surface area (Å²) < 4.78 is 7.24. The zero-order valence-electron chi connectivity index (χ0n) is 15.9. The first-order valence-electron chi connectivity index (χ1n) is 8.93. The van der Waals surface area contributed by atoms with Gasteiger partial charge in [-0.2, -0.15) is 5.10 Å². The van der Waals surface area contributed by atoms with Crippen molar-refractivity contribution in [2.75, 3.05) is 19.3 Å². The molecule has 0 unspecified atom stereocenters. The van der Waals surface area contributed by atoms with Crippen LogP contribution in [0.2, 0.25) is 0 Å². The van der Waals surface area contributed by atoms with Crippen molar-refractivity contribution in [3.8, 4) is 0 Å². The minimum Gasteiger partial charge on any atom is -0.444 e. The van der Waals surface area contributed by atoms with E-state index in [0.717, 1.165) is 43.0 Å². The Bertz CT molecular complexity index is 763. The number of nitrogens with one attached hydrogen (secondary N) is 1. The Morgan fingerprint density at radius 2 is 2.12 bits per heavy atom. The van der Waals surface area contributed by atoms with Gasteiger partial charge in [-0.25, -0.2) is 14.3 Å². The molecular formula is C18H27N5O2S. The molecule has 0 atom stereocenters. The number of thioether (sulfide) groups is 1. The minimum atomic E-state index is -0.460. The molecule has 26 heavy (non-hydrogen) atoms. The van der Waals surface area contributed by atoms with Gasteiger partial charge < -0.3 is 10.1 Å². The lowest BCUT2D eigenvalue weighted by Crippen LogP contribution is -2.45. The van der Waals surface area contributed by atoms with E-state index >= 15 is 0 Å². The average molecular weight is 378 g/mol. The molecule has 142 valence electrons. The van der Waals surface area contributed by atoms with E-state index in [9.17, 15) is 4.79 Å². The Labute approximate surface area is 158 Å². The molecule has 0 radical (unpaired) electrons. The molecule has 1 N–H and O–H groups in total. The van der Waals surface area contributed by atoms with Crippen LogP contribution in [0.15, 0.2) is 23.6 Å². The fourth-order valence-electron chi connectivity index (χ4n) is 3.22. The van der Waals surface area contributed by atoms with Crippen LogP contribution in [0.25, 0.3) is 5.52 Å². The maximum absolute atomic E-state index is 11.9. The normalized spacial score (nSPS) is 16.8. The Morgan fingerprint density at radius 1 is 1.38 bits per heavy atom. The van der Waals surface area contributed by atoms with E-state index in [2.05, 4.69) is 26.4 Å². The summed E-state index contributed by atoms with van der Waals surface area (Å²) in [7, 11) is 0. The molecule has 8 heteroatoms. The molecule has 1 aliphatic rings. The molecule has 7 nitrogen and oxygen atoms in total. The lowest BCUT2D eigenvalue weighted by Gasteiger charge is -2.32. The standard InChI is InChI=1S/C18H27N5O2S/c1-18(2,3)25-17(24)21-14-6-8-22(9-7-14)11-13-5-10-23-15(13)16(26-4)19-12-20-23/h5,10,12,14H,6-9,11H2,1-4H3,(H,21,24). The summed E-state index contributed by atoms with van der Waals surface area (Å²) in [5.74, 6) is 0. The highest BCUT2D eigenvalue weighted by molar-refractivity contribution is 7.98. The molecule has 1 fully saturated rings. The molecule has 0 spiro atoms. The fourth-order valence-corrected chi connectivity index (χ4v) is 3.79. The Balaban J connectivity index is 1.56. The van der Waals surface area contributed by atoms with E-state index in [1.54, 1.807) is 18.1 Å². The van der Waals surface area contributed by atoms with Crippen LogP contribution in [-0.2, 0) is 11.3 Å². The number of carbonyl (C=O) groups is 1. The highest BCUT2D eigenvalue weighted by Crippen LogP contribution is 2.24. The van der Waals surface area contributed by atoms with E-state index in [1.807, 2.05) is 37.7 Å². The van der Waals surface area contributed by atoms with Gasteiger partial charge in [-0.3, -0.25) is 4.90 Å². The quantitative estimate of drug-likeness (QED) is 0.826. The Morgan fingerprint density at radius 3 is 2.77 bits per heavy atom. The molecule has 1 amide bonds. The molecule has 0 aromatic carbocycles. The first-order valence-corrected chi connectivity index (χ1v) is 10.2. The van der Waals surface area contributed by atoms with Crippen molar-refractivity contribution in [1.82, 2.24) is 24.8 Å². The molecule has 2 aromatic heterocycles. The number of rotatable bonds is 4. The predicted octanol–water partition coefficient (Wildman–Crippen LogP) is 2.94. The van der Waals surface area contributed by atoms with Crippen LogP contribution in [-0.4, -0.2) is 56.6 Å². The third kappa shape index (κ3) is 4.67. The van der Waals surface area contributed by atoms with Gasteiger partial charge >= 0.3 is 6.09 Å². The lowest BCUT2D eigenvalue weighted by molar-refractivity contribution is 0.0477. The average Bonchev–Trinajstić information content (AvgIpc) is 2.98.